The average Bonchev–Trinajstić information content (AvgIpc) is 3.29. The van der Waals surface area contributed by atoms with Gasteiger partial charge >= 0.3 is 5.97 Å². The predicted molar refractivity (Wildman–Crippen MR) is 172 cm³/mol. The van der Waals surface area contributed by atoms with E-state index < -0.39 is 24.0 Å². The van der Waals surface area contributed by atoms with Gasteiger partial charge in [0.2, 0.25) is 18.1 Å². The first-order chi connectivity index (χ1) is 18.5. The fourth-order valence-corrected chi connectivity index (χ4v) is 7.50. The van der Waals surface area contributed by atoms with Crippen LogP contribution in [-0.2, 0) is 20.3 Å². The normalized spacial score (nSPS) is 14.6. The molecule has 0 bridgehead atoms. The molecule has 0 fully saturated rings. The van der Waals surface area contributed by atoms with Crippen LogP contribution in [0.3, 0.4) is 0 Å². The van der Waals surface area contributed by atoms with Crippen molar-refractivity contribution in [3.63, 3.8) is 0 Å². The third-order valence-electron chi connectivity index (χ3n) is 6.39. The molecule has 8 heteroatoms. The Hall–Kier alpha value is -1.72. The van der Waals surface area contributed by atoms with Gasteiger partial charge in [-0.3, -0.25) is 4.79 Å². The second-order valence-electron chi connectivity index (χ2n) is 12.9. The van der Waals surface area contributed by atoms with Crippen LogP contribution in [0.4, 0.5) is 0 Å². The minimum absolute atomic E-state index is 0.0430. The van der Waals surface area contributed by atoms with Crippen molar-refractivity contribution in [3.05, 3.63) is 57.3 Å². The number of ether oxygens (including phenoxy) is 1. The fourth-order valence-electron chi connectivity index (χ4n) is 4.56. The summed E-state index contributed by atoms with van der Waals surface area (Å²) in [7, 11) is -1.89. The van der Waals surface area contributed by atoms with E-state index in [1.165, 1.54) is 16.0 Å². The van der Waals surface area contributed by atoms with Crippen LogP contribution in [0.2, 0.25) is 26.2 Å². The molecule has 2 unspecified atom stereocenters. The van der Waals surface area contributed by atoms with Crippen molar-refractivity contribution in [2.24, 2.45) is 10.8 Å². The minimum Gasteiger partial charge on any atom is -0.488 e. The summed E-state index contributed by atoms with van der Waals surface area (Å²) < 4.78 is 19.7. The molecule has 2 atom stereocenters. The van der Waals surface area contributed by atoms with Crippen LogP contribution in [-0.4, -0.2) is 29.2 Å². The highest BCUT2D eigenvalue weighted by Gasteiger charge is 2.36. The topological polar surface area (TPSA) is 65.0 Å². The van der Waals surface area contributed by atoms with Crippen LogP contribution in [0, 0.1) is 10.8 Å². The molecule has 40 heavy (non-hydrogen) atoms. The highest BCUT2D eigenvalue weighted by molar-refractivity contribution is 7.13. The smallest absolute Gasteiger partial charge is 0.303 e. The predicted octanol–water partition coefficient (Wildman–Crippen LogP) is 9.70. The molecule has 2 radical (unpaired) electrons. The van der Waals surface area contributed by atoms with Crippen LogP contribution in [0.25, 0.3) is 5.57 Å². The van der Waals surface area contributed by atoms with Crippen molar-refractivity contribution in [1.82, 2.24) is 0 Å². The molecule has 1 N–H and O–H groups in total. The summed E-state index contributed by atoms with van der Waals surface area (Å²) >= 11 is 1.71. The first-order valence-corrected chi connectivity index (χ1v) is 19.9. The monoisotopic (exact) mass is 602 g/mol. The molecule has 0 saturated heterocycles. The number of rotatable bonds is 14. The van der Waals surface area contributed by atoms with Crippen molar-refractivity contribution in [1.29, 1.82) is 0 Å². The lowest BCUT2D eigenvalue weighted by molar-refractivity contribution is -0.136. The van der Waals surface area contributed by atoms with E-state index in [4.69, 9.17) is 18.7 Å². The Morgan fingerprint density at radius 1 is 0.925 bits per heavy atom. The molecule has 2 rings (SSSR count). The number of carbonyl (C=O) groups is 1. The summed E-state index contributed by atoms with van der Waals surface area (Å²) in [6.45, 7) is 24.8. The largest absolute Gasteiger partial charge is 0.488 e. The van der Waals surface area contributed by atoms with Crippen molar-refractivity contribution >= 4 is 41.0 Å². The summed E-state index contributed by atoms with van der Waals surface area (Å²) in [5.74, 6) is 0.0594. The third-order valence-corrected chi connectivity index (χ3v) is 8.94. The number of benzene rings is 1. The molecule has 0 aliphatic carbocycles. The Kier molecular flexibility index (Phi) is 12.9. The lowest BCUT2D eigenvalue weighted by Crippen LogP contribution is -2.31. The number of thiophene rings is 1. The van der Waals surface area contributed by atoms with Gasteiger partial charge in [-0.25, -0.2) is 0 Å². The van der Waals surface area contributed by atoms with Crippen LogP contribution >= 0.6 is 11.3 Å². The molecular weight excluding hydrogens is 553 g/mol. The van der Waals surface area contributed by atoms with Gasteiger partial charge in [0.25, 0.3) is 0 Å². The number of carboxylic acids is 1. The quantitative estimate of drug-likeness (QED) is 0.218. The maximum atomic E-state index is 10.9. The van der Waals surface area contributed by atoms with Crippen molar-refractivity contribution in [3.8, 4) is 5.75 Å². The summed E-state index contributed by atoms with van der Waals surface area (Å²) in [5, 5.41) is 8.96. The Morgan fingerprint density at radius 2 is 1.50 bits per heavy atom. The lowest BCUT2D eigenvalue weighted by atomic mass is 9.77. The SMILES string of the molecule is CCC(=CCCC(=O)O)c1ccc(COc2ccc(C(O[Si](C)C)C(C)(C)C)c(C(O[Si](C)C)C(C)(C)C)c2)s1. The molecule has 2 aromatic rings. The Bertz CT molecular complexity index is 1130. The van der Waals surface area contributed by atoms with Crippen LogP contribution < -0.4 is 4.74 Å². The van der Waals surface area contributed by atoms with E-state index in [1.807, 2.05) is 6.08 Å². The Balaban J connectivity index is 2.42. The maximum absolute atomic E-state index is 10.9. The molecule has 0 amide bonds. The van der Waals surface area contributed by atoms with Gasteiger partial charge in [-0.05, 0) is 90.8 Å². The maximum Gasteiger partial charge on any atom is 0.303 e. The summed E-state index contributed by atoms with van der Waals surface area (Å²) in [4.78, 5) is 13.2. The number of allylic oxidation sites excluding steroid dienone is 2. The fraction of sp³-hybridized carbons (Fsp3) is 0.594. The number of carboxylic acid groups (broad SMARTS) is 1. The van der Waals surface area contributed by atoms with Crippen LogP contribution in [0.1, 0.15) is 101 Å². The molecule has 0 saturated carbocycles. The van der Waals surface area contributed by atoms with Gasteiger partial charge in [-0.2, -0.15) is 0 Å². The number of hydrogen-bond donors (Lipinski definition) is 1. The molecule has 0 spiro atoms. The number of aliphatic carboxylic acids is 1. The lowest BCUT2D eigenvalue weighted by Gasteiger charge is -2.39. The van der Waals surface area contributed by atoms with Gasteiger partial charge in [-0.15, -0.1) is 11.3 Å². The van der Waals surface area contributed by atoms with E-state index in [-0.39, 0.29) is 29.5 Å². The highest BCUT2D eigenvalue weighted by atomic mass is 32.1. The van der Waals surface area contributed by atoms with Crippen molar-refractivity contribution < 1.29 is 23.5 Å². The second-order valence-corrected chi connectivity index (χ2v) is 18.2. The van der Waals surface area contributed by atoms with E-state index in [1.54, 1.807) is 11.3 Å². The zero-order valence-electron chi connectivity index (χ0n) is 26.4. The zero-order valence-corrected chi connectivity index (χ0v) is 29.3. The highest BCUT2D eigenvalue weighted by Crippen LogP contribution is 2.46. The molecule has 1 heterocycles. The van der Waals surface area contributed by atoms with Gasteiger partial charge < -0.3 is 18.7 Å². The van der Waals surface area contributed by atoms with Gasteiger partial charge in [0.15, 0.2) is 0 Å². The Morgan fingerprint density at radius 3 is 2.00 bits per heavy atom. The molecule has 1 aromatic heterocycles. The average molecular weight is 603 g/mol. The van der Waals surface area contributed by atoms with Gasteiger partial charge in [0.1, 0.15) is 12.4 Å². The summed E-state index contributed by atoms with van der Waals surface area (Å²) in [6, 6.07) is 10.7. The first kappa shape index (κ1) is 34.5. The van der Waals surface area contributed by atoms with Crippen LogP contribution in [0.5, 0.6) is 5.75 Å². The van der Waals surface area contributed by atoms with E-state index >= 15 is 0 Å². The standard InChI is InChI=1S/C32H50O5SSi2/c1-12-22(14-13-15-28(33)34)27-19-17-24(38-27)21-35-23-16-18-25(29(31(2,3)4)36-39(8)9)26(20-23)30(32(5,6)7)37-40(10)11/h14,16-20,29-30H,12-13,15,21H2,1-11H3,(H,33,34). The number of hydrogen-bond acceptors (Lipinski definition) is 5. The van der Waals surface area contributed by atoms with E-state index in [9.17, 15) is 4.79 Å². The first-order valence-electron chi connectivity index (χ1n) is 14.2. The van der Waals surface area contributed by atoms with E-state index in [2.05, 4.69) is 105 Å². The van der Waals surface area contributed by atoms with E-state index in [0.717, 1.165) is 22.6 Å². The molecule has 5 nitrogen and oxygen atoms in total. The van der Waals surface area contributed by atoms with Crippen LogP contribution in [0.15, 0.2) is 36.4 Å². The zero-order chi connectivity index (χ0) is 30.3. The van der Waals surface area contributed by atoms with Crippen molar-refractivity contribution in [2.75, 3.05) is 0 Å². The molecule has 0 aliphatic heterocycles. The van der Waals surface area contributed by atoms with Gasteiger partial charge in [-0.1, -0.05) is 60.6 Å². The van der Waals surface area contributed by atoms with Crippen molar-refractivity contribution in [2.45, 2.75) is 113 Å². The summed E-state index contributed by atoms with van der Waals surface area (Å²) in [5.41, 5.74) is 3.35. The molecule has 0 aliphatic rings. The molecule has 1 aromatic carbocycles. The second kappa shape index (κ2) is 15.0. The van der Waals surface area contributed by atoms with Gasteiger partial charge in [0, 0.05) is 16.2 Å². The van der Waals surface area contributed by atoms with E-state index in [0.29, 0.717) is 13.0 Å². The molecule has 222 valence electrons. The third kappa shape index (κ3) is 10.6. The molecular formula is C32H50O5SSi2. The summed E-state index contributed by atoms with van der Waals surface area (Å²) in [6.07, 6.45) is 3.49. The van der Waals surface area contributed by atoms with Gasteiger partial charge in [0.05, 0.1) is 12.2 Å². The minimum atomic E-state index is -0.960. The Labute approximate surface area is 250 Å².